The highest BCUT2D eigenvalue weighted by Gasteiger charge is 2.30. The third-order valence-corrected chi connectivity index (χ3v) is 7.43. The van der Waals surface area contributed by atoms with E-state index in [1.54, 1.807) is 6.07 Å². The number of rotatable bonds is 7. The molecule has 7 heteroatoms. The average molecular weight is 506 g/mol. The van der Waals surface area contributed by atoms with E-state index in [2.05, 4.69) is 60.8 Å². The molecule has 2 aromatic carbocycles. The normalized spacial score (nSPS) is 18.2. The number of benzene rings is 2. The summed E-state index contributed by atoms with van der Waals surface area (Å²) >= 11 is 0. The Bertz CT molecular complexity index is 1250. The molecule has 1 aromatic heterocycles. The summed E-state index contributed by atoms with van der Waals surface area (Å²) < 4.78 is 13.6. The Hall–Kier alpha value is -3.19. The molecular formula is C30H39N3O4. The number of hydrogen-bond acceptors (Lipinski definition) is 5. The zero-order valence-corrected chi connectivity index (χ0v) is 22.3. The van der Waals surface area contributed by atoms with Crippen LogP contribution in [0.2, 0.25) is 0 Å². The molecule has 1 fully saturated rings. The maximum atomic E-state index is 13.9. The molecular weight excluding hydrogens is 466 g/mol. The molecule has 5 rings (SSSR count). The van der Waals surface area contributed by atoms with Crippen LogP contribution in [-0.2, 0) is 24.9 Å². The lowest BCUT2D eigenvalue weighted by Gasteiger charge is -2.36. The summed E-state index contributed by atoms with van der Waals surface area (Å²) in [7, 11) is 2.08. The molecule has 1 N–H and O–H groups in total. The van der Waals surface area contributed by atoms with Crippen LogP contribution in [0.5, 0.6) is 17.2 Å². The van der Waals surface area contributed by atoms with Crippen LogP contribution in [0, 0.1) is 11.8 Å². The Morgan fingerprint density at radius 2 is 2.00 bits per heavy atom. The number of phenols is 1. The number of carbonyl (C=O) groups is 1. The highest BCUT2D eigenvalue weighted by Crippen LogP contribution is 2.39. The summed E-state index contributed by atoms with van der Waals surface area (Å²) in [6.07, 6.45) is 4.81. The Morgan fingerprint density at radius 3 is 2.84 bits per heavy atom. The van der Waals surface area contributed by atoms with Gasteiger partial charge in [-0.05, 0) is 60.7 Å². The SMILES string of the molecule is CC(C)CN(Cc1cc(O)c2c(c1)OCCCO2)C(=O)C1CCCN(Cc2cccc3c2ccn3C)C1. The van der Waals surface area contributed by atoms with Crippen LogP contribution in [0.1, 0.15) is 44.2 Å². The summed E-state index contributed by atoms with van der Waals surface area (Å²) in [6, 6.07) is 12.3. The largest absolute Gasteiger partial charge is 0.504 e. The highest BCUT2D eigenvalue weighted by atomic mass is 16.5. The lowest BCUT2D eigenvalue weighted by atomic mass is 9.95. The second-order valence-electron chi connectivity index (χ2n) is 11.0. The summed E-state index contributed by atoms with van der Waals surface area (Å²) in [5, 5.41) is 11.9. The third kappa shape index (κ3) is 5.72. The van der Waals surface area contributed by atoms with E-state index in [9.17, 15) is 9.90 Å². The quantitative estimate of drug-likeness (QED) is 0.493. The number of aromatic nitrogens is 1. The lowest BCUT2D eigenvalue weighted by molar-refractivity contribution is -0.138. The van der Waals surface area contributed by atoms with Crippen molar-refractivity contribution in [3.05, 3.63) is 53.7 Å². The maximum Gasteiger partial charge on any atom is 0.227 e. The summed E-state index contributed by atoms with van der Waals surface area (Å²) in [4.78, 5) is 18.3. The minimum atomic E-state index is -0.0310. The first-order valence-corrected chi connectivity index (χ1v) is 13.5. The van der Waals surface area contributed by atoms with Gasteiger partial charge in [0, 0.05) is 56.7 Å². The van der Waals surface area contributed by atoms with E-state index in [0.717, 1.165) is 44.5 Å². The Morgan fingerprint density at radius 1 is 1.16 bits per heavy atom. The number of piperidine rings is 1. The van der Waals surface area contributed by atoms with Crippen molar-refractivity contribution >= 4 is 16.8 Å². The first kappa shape index (κ1) is 25.5. The van der Waals surface area contributed by atoms with E-state index in [0.29, 0.717) is 43.7 Å². The predicted molar refractivity (Wildman–Crippen MR) is 145 cm³/mol. The second kappa shape index (κ2) is 11.1. The van der Waals surface area contributed by atoms with Gasteiger partial charge in [-0.1, -0.05) is 26.0 Å². The van der Waals surface area contributed by atoms with E-state index < -0.39 is 0 Å². The fourth-order valence-electron chi connectivity index (χ4n) is 5.70. The molecule has 2 aliphatic heterocycles. The van der Waals surface area contributed by atoms with Gasteiger partial charge in [-0.25, -0.2) is 0 Å². The van der Waals surface area contributed by atoms with Gasteiger partial charge in [-0.15, -0.1) is 0 Å². The van der Waals surface area contributed by atoms with Crippen LogP contribution in [-0.4, -0.2) is 58.2 Å². The molecule has 0 radical (unpaired) electrons. The molecule has 0 bridgehead atoms. The Balaban J connectivity index is 1.31. The van der Waals surface area contributed by atoms with Gasteiger partial charge < -0.3 is 24.0 Å². The minimum absolute atomic E-state index is 0.0310. The molecule has 37 heavy (non-hydrogen) atoms. The van der Waals surface area contributed by atoms with Crippen molar-refractivity contribution in [2.75, 3.05) is 32.8 Å². The fraction of sp³-hybridized carbons (Fsp3) is 0.500. The van der Waals surface area contributed by atoms with Gasteiger partial charge in [0.15, 0.2) is 11.5 Å². The average Bonchev–Trinajstić information content (AvgIpc) is 3.09. The minimum Gasteiger partial charge on any atom is -0.504 e. The summed E-state index contributed by atoms with van der Waals surface area (Å²) in [6.45, 7) is 9.10. The van der Waals surface area contributed by atoms with Crippen LogP contribution in [0.4, 0.5) is 0 Å². The van der Waals surface area contributed by atoms with Crippen molar-refractivity contribution in [2.45, 2.75) is 46.2 Å². The first-order chi connectivity index (χ1) is 17.9. The van der Waals surface area contributed by atoms with Crippen molar-refractivity contribution < 1.29 is 19.4 Å². The van der Waals surface area contributed by atoms with Gasteiger partial charge in [0.1, 0.15) is 0 Å². The second-order valence-corrected chi connectivity index (χ2v) is 11.0. The van der Waals surface area contributed by atoms with Gasteiger partial charge in [-0.2, -0.15) is 0 Å². The van der Waals surface area contributed by atoms with E-state index >= 15 is 0 Å². The van der Waals surface area contributed by atoms with Crippen molar-refractivity contribution in [3.8, 4) is 17.2 Å². The molecule has 1 unspecified atom stereocenters. The zero-order valence-electron chi connectivity index (χ0n) is 22.3. The molecule has 1 saturated heterocycles. The molecule has 7 nitrogen and oxygen atoms in total. The number of ether oxygens (including phenoxy) is 2. The maximum absolute atomic E-state index is 13.9. The van der Waals surface area contributed by atoms with Crippen LogP contribution in [0.15, 0.2) is 42.6 Å². The van der Waals surface area contributed by atoms with Gasteiger partial charge >= 0.3 is 0 Å². The molecule has 0 saturated carbocycles. The van der Waals surface area contributed by atoms with Crippen molar-refractivity contribution in [1.29, 1.82) is 0 Å². The molecule has 3 aromatic rings. The third-order valence-electron chi connectivity index (χ3n) is 7.43. The van der Waals surface area contributed by atoms with Crippen molar-refractivity contribution in [3.63, 3.8) is 0 Å². The smallest absolute Gasteiger partial charge is 0.227 e. The van der Waals surface area contributed by atoms with E-state index in [4.69, 9.17) is 9.47 Å². The summed E-state index contributed by atoms with van der Waals surface area (Å²) in [5.74, 6) is 1.54. The summed E-state index contributed by atoms with van der Waals surface area (Å²) in [5.41, 5.74) is 3.41. The number of hydrogen-bond donors (Lipinski definition) is 1. The lowest BCUT2D eigenvalue weighted by Crippen LogP contribution is -2.45. The monoisotopic (exact) mass is 505 g/mol. The van der Waals surface area contributed by atoms with Gasteiger partial charge in [-0.3, -0.25) is 9.69 Å². The van der Waals surface area contributed by atoms with Gasteiger partial charge in [0.25, 0.3) is 0 Å². The van der Waals surface area contributed by atoms with E-state index in [-0.39, 0.29) is 17.6 Å². The number of phenolic OH excluding ortho intramolecular Hbond substituents is 1. The molecule has 0 spiro atoms. The highest BCUT2D eigenvalue weighted by molar-refractivity contribution is 5.83. The van der Waals surface area contributed by atoms with Crippen LogP contribution in [0.25, 0.3) is 10.9 Å². The van der Waals surface area contributed by atoms with Crippen molar-refractivity contribution in [1.82, 2.24) is 14.4 Å². The molecule has 0 aliphatic carbocycles. The number of amides is 1. The van der Waals surface area contributed by atoms with Crippen molar-refractivity contribution in [2.24, 2.45) is 18.9 Å². The fourth-order valence-corrected chi connectivity index (χ4v) is 5.70. The number of fused-ring (bicyclic) bond motifs is 2. The molecule has 2 aliphatic rings. The number of carbonyl (C=O) groups excluding carboxylic acids is 1. The number of likely N-dealkylation sites (tertiary alicyclic amines) is 1. The molecule has 1 amide bonds. The molecule has 198 valence electrons. The zero-order chi connectivity index (χ0) is 25.9. The standard InChI is InChI=1S/C30H39N3O4/c1-21(2)17-33(18-22-15-27(34)29-28(16-22)36-13-6-14-37-29)30(35)24-8-5-11-32(20-24)19-23-7-4-9-26-25(23)10-12-31(26)3/h4,7,9-10,12,15-16,21,24,34H,5-6,8,11,13-14,17-20H2,1-3H3. The van der Waals surface area contributed by atoms with Crippen LogP contribution < -0.4 is 9.47 Å². The molecule has 3 heterocycles. The topological polar surface area (TPSA) is 67.2 Å². The van der Waals surface area contributed by atoms with Gasteiger partial charge in [0.05, 0.1) is 19.1 Å². The van der Waals surface area contributed by atoms with E-state index in [1.807, 2.05) is 11.0 Å². The molecule has 1 atom stereocenters. The Kier molecular flexibility index (Phi) is 7.60. The first-order valence-electron chi connectivity index (χ1n) is 13.5. The number of aromatic hydroxyl groups is 1. The van der Waals surface area contributed by atoms with Gasteiger partial charge in [0.2, 0.25) is 11.7 Å². The van der Waals surface area contributed by atoms with Crippen LogP contribution >= 0.6 is 0 Å². The Labute approximate surface area is 219 Å². The van der Waals surface area contributed by atoms with E-state index in [1.165, 1.54) is 16.5 Å². The van der Waals surface area contributed by atoms with Crippen LogP contribution in [0.3, 0.4) is 0 Å². The predicted octanol–water partition coefficient (Wildman–Crippen LogP) is 4.94. The number of aryl methyl sites for hydroxylation is 1. The number of nitrogens with zero attached hydrogens (tertiary/aromatic N) is 3.